The highest BCUT2D eigenvalue weighted by atomic mass is 19.1. The number of anilines is 1. The summed E-state index contributed by atoms with van der Waals surface area (Å²) in [5, 5.41) is 22.6. The molecule has 2 N–H and O–H groups in total. The minimum atomic E-state index is -0.713. The molecule has 0 spiro atoms. The van der Waals surface area contributed by atoms with Gasteiger partial charge in [0.05, 0.1) is 5.69 Å². The molecule has 90 valence electrons. The molecule has 18 heavy (non-hydrogen) atoms. The van der Waals surface area contributed by atoms with E-state index in [0.29, 0.717) is 0 Å². The second-order valence-electron chi connectivity index (χ2n) is 3.07. The van der Waals surface area contributed by atoms with Crippen molar-refractivity contribution in [3.8, 4) is 12.1 Å². The lowest BCUT2D eigenvalue weighted by Gasteiger charge is -2.04. The average Bonchev–Trinajstić information content (AvgIpc) is 2.40. The zero-order valence-electron chi connectivity index (χ0n) is 9.36. The fraction of sp³-hybridized carbons (Fsp3) is 0.0909. The molecule has 1 aromatic carbocycles. The van der Waals surface area contributed by atoms with E-state index in [2.05, 4.69) is 15.8 Å². The van der Waals surface area contributed by atoms with Crippen LogP contribution in [0, 0.1) is 28.5 Å². The topological polar surface area (TPSA) is 101 Å². The largest absolute Gasteiger partial charge is 0.355 e. The van der Waals surface area contributed by atoms with Gasteiger partial charge in [-0.1, -0.05) is 0 Å². The third-order valence-corrected chi connectivity index (χ3v) is 1.96. The summed E-state index contributed by atoms with van der Waals surface area (Å²) in [6, 6.07) is 6.74. The monoisotopic (exact) mass is 245 g/mol. The van der Waals surface area contributed by atoms with Crippen LogP contribution < -0.4 is 10.7 Å². The zero-order valence-corrected chi connectivity index (χ0v) is 9.36. The van der Waals surface area contributed by atoms with Crippen LogP contribution >= 0.6 is 0 Å². The second kappa shape index (κ2) is 5.97. The maximum Gasteiger partial charge on any atom is 0.251 e. The van der Waals surface area contributed by atoms with Crippen molar-refractivity contribution in [2.24, 2.45) is 5.10 Å². The Morgan fingerprint density at radius 2 is 2.06 bits per heavy atom. The number of nitrogens with one attached hydrogen (secondary N) is 2. The van der Waals surface area contributed by atoms with E-state index in [4.69, 9.17) is 10.5 Å². The van der Waals surface area contributed by atoms with Crippen molar-refractivity contribution in [2.75, 3.05) is 12.5 Å². The number of carbonyl (C=O) groups is 1. The van der Waals surface area contributed by atoms with Gasteiger partial charge in [0, 0.05) is 12.6 Å². The van der Waals surface area contributed by atoms with E-state index in [-0.39, 0.29) is 11.3 Å². The molecule has 6 nitrogen and oxygen atoms in total. The summed E-state index contributed by atoms with van der Waals surface area (Å²) in [6.07, 6.45) is 0. The van der Waals surface area contributed by atoms with Crippen molar-refractivity contribution in [1.29, 1.82) is 10.5 Å². The normalized spacial score (nSPS) is 8.67. The minimum Gasteiger partial charge on any atom is -0.355 e. The van der Waals surface area contributed by atoms with Gasteiger partial charge in [0.25, 0.3) is 5.91 Å². The van der Waals surface area contributed by atoms with Crippen LogP contribution in [-0.4, -0.2) is 18.7 Å². The van der Waals surface area contributed by atoms with Crippen molar-refractivity contribution >= 4 is 17.3 Å². The molecule has 0 aliphatic carbocycles. The first-order valence-electron chi connectivity index (χ1n) is 4.78. The van der Waals surface area contributed by atoms with Crippen LogP contribution in [-0.2, 0) is 0 Å². The third kappa shape index (κ3) is 3.03. The number of amides is 1. The van der Waals surface area contributed by atoms with Crippen LogP contribution in [0.25, 0.3) is 0 Å². The molecule has 1 rings (SSSR count). The lowest BCUT2D eigenvalue weighted by Crippen LogP contribution is -2.17. The molecule has 0 aliphatic rings. The van der Waals surface area contributed by atoms with Gasteiger partial charge in [0.1, 0.15) is 18.0 Å². The number of carbonyl (C=O) groups excluding carboxylic acids is 1. The fourth-order valence-corrected chi connectivity index (χ4v) is 1.08. The second-order valence-corrected chi connectivity index (χ2v) is 3.07. The molecule has 0 radical (unpaired) electrons. The highest BCUT2D eigenvalue weighted by molar-refractivity contribution is 6.10. The van der Waals surface area contributed by atoms with Gasteiger partial charge in [0.15, 0.2) is 0 Å². The van der Waals surface area contributed by atoms with E-state index in [1.165, 1.54) is 31.3 Å². The molecule has 0 saturated heterocycles. The van der Waals surface area contributed by atoms with Crippen LogP contribution in [0.4, 0.5) is 10.1 Å². The highest BCUT2D eigenvalue weighted by Crippen LogP contribution is 2.15. The Bertz CT molecular complexity index is 566. The number of nitriles is 2. The first-order chi connectivity index (χ1) is 8.62. The Morgan fingerprint density at radius 3 is 2.56 bits per heavy atom. The summed E-state index contributed by atoms with van der Waals surface area (Å²) in [5.74, 6) is -1.13. The minimum absolute atomic E-state index is 0.0364. The number of hydrazone groups is 1. The van der Waals surface area contributed by atoms with Crippen LogP contribution in [0.15, 0.2) is 23.3 Å². The number of benzene rings is 1. The lowest BCUT2D eigenvalue weighted by atomic mass is 10.2. The van der Waals surface area contributed by atoms with Crippen molar-refractivity contribution in [3.63, 3.8) is 0 Å². The predicted molar refractivity (Wildman–Crippen MR) is 62.1 cm³/mol. The van der Waals surface area contributed by atoms with Crippen molar-refractivity contribution in [1.82, 2.24) is 5.32 Å². The number of hydrogen-bond acceptors (Lipinski definition) is 5. The fourth-order valence-electron chi connectivity index (χ4n) is 1.08. The molecule has 0 saturated carbocycles. The Morgan fingerprint density at radius 1 is 1.39 bits per heavy atom. The number of nitrogens with zero attached hydrogens (tertiary/aromatic N) is 3. The Kier molecular flexibility index (Phi) is 4.35. The molecular formula is C11H8FN5O. The van der Waals surface area contributed by atoms with Crippen molar-refractivity contribution in [2.45, 2.75) is 0 Å². The third-order valence-electron chi connectivity index (χ3n) is 1.96. The van der Waals surface area contributed by atoms with E-state index in [0.717, 1.165) is 6.07 Å². The SMILES string of the molecule is CNC(=O)c1ccc(NN=C(C#N)C#N)c(F)c1. The van der Waals surface area contributed by atoms with E-state index in [1.807, 2.05) is 0 Å². The van der Waals surface area contributed by atoms with Gasteiger partial charge >= 0.3 is 0 Å². The first kappa shape index (κ1) is 13.1. The quantitative estimate of drug-likeness (QED) is 0.612. The Labute approximate surface area is 102 Å². The average molecular weight is 245 g/mol. The molecule has 0 bridgehead atoms. The molecular weight excluding hydrogens is 237 g/mol. The van der Waals surface area contributed by atoms with Gasteiger partial charge in [-0.25, -0.2) is 4.39 Å². The van der Waals surface area contributed by atoms with E-state index >= 15 is 0 Å². The molecule has 0 aromatic heterocycles. The van der Waals surface area contributed by atoms with E-state index in [1.54, 1.807) is 0 Å². The molecule has 1 aromatic rings. The van der Waals surface area contributed by atoms with E-state index in [9.17, 15) is 9.18 Å². The van der Waals surface area contributed by atoms with Gasteiger partial charge < -0.3 is 5.32 Å². The van der Waals surface area contributed by atoms with Crippen molar-refractivity contribution < 1.29 is 9.18 Å². The molecule has 0 heterocycles. The van der Waals surface area contributed by atoms with Crippen LogP contribution in [0.5, 0.6) is 0 Å². The summed E-state index contributed by atoms with van der Waals surface area (Å²) >= 11 is 0. The predicted octanol–water partition coefficient (Wildman–Crippen LogP) is 1.00. The number of halogens is 1. The standard InChI is InChI=1S/C11H8FN5O/c1-15-11(18)7-2-3-10(9(12)4-7)17-16-8(5-13)6-14/h2-4,17H,1H3,(H,15,18). The van der Waals surface area contributed by atoms with Gasteiger partial charge in [-0.15, -0.1) is 0 Å². The summed E-state index contributed by atoms with van der Waals surface area (Å²) in [6.45, 7) is 0. The summed E-state index contributed by atoms with van der Waals surface area (Å²) in [7, 11) is 1.43. The molecule has 7 heteroatoms. The number of hydrogen-bond donors (Lipinski definition) is 2. The maximum absolute atomic E-state index is 13.5. The van der Waals surface area contributed by atoms with Crippen molar-refractivity contribution in [3.05, 3.63) is 29.6 Å². The Hall–Kier alpha value is -2.93. The summed E-state index contributed by atoms with van der Waals surface area (Å²) in [4.78, 5) is 11.2. The molecule has 1 amide bonds. The van der Waals surface area contributed by atoms with Gasteiger partial charge in [0.2, 0.25) is 5.71 Å². The number of rotatable bonds is 3. The smallest absolute Gasteiger partial charge is 0.251 e. The van der Waals surface area contributed by atoms with Crippen LogP contribution in [0.2, 0.25) is 0 Å². The molecule has 0 unspecified atom stereocenters. The van der Waals surface area contributed by atoms with Gasteiger partial charge in [-0.2, -0.15) is 15.6 Å². The van der Waals surface area contributed by atoms with Crippen LogP contribution in [0.1, 0.15) is 10.4 Å². The molecule has 0 atom stereocenters. The van der Waals surface area contributed by atoms with E-state index < -0.39 is 17.4 Å². The maximum atomic E-state index is 13.5. The van der Waals surface area contributed by atoms with Gasteiger partial charge in [-0.3, -0.25) is 10.2 Å². The Balaban J connectivity index is 2.95. The molecule has 0 aliphatic heterocycles. The first-order valence-corrected chi connectivity index (χ1v) is 4.78. The summed E-state index contributed by atoms with van der Waals surface area (Å²) in [5.41, 5.74) is 1.93. The van der Waals surface area contributed by atoms with Gasteiger partial charge in [-0.05, 0) is 18.2 Å². The van der Waals surface area contributed by atoms with Crippen LogP contribution in [0.3, 0.4) is 0 Å². The molecule has 0 fully saturated rings. The summed E-state index contributed by atoms with van der Waals surface area (Å²) < 4.78 is 13.5. The lowest BCUT2D eigenvalue weighted by molar-refractivity contribution is 0.0962. The highest BCUT2D eigenvalue weighted by Gasteiger charge is 2.08. The zero-order chi connectivity index (χ0) is 13.5.